The molecule has 4 nitrogen and oxygen atoms in total. The second-order valence-corrected chi connectivity index (χ2v) is 2.19. The van der Waals surface area contributed by atoms with E-state index in [-0.39, 0.29) is 6.04 Å². The zero-order valence-electron chi connectivity index (χ0n) is 6.16. The zero-order chi connectivity index (χ0) is 7.56. The molecule has 0 bridgehead atoms. The summed E-state index contributed by atoms with van der Waals surface area (Å²) in [7, 11) is 0. The van der Waals surface area contributed by atoms with Gasteiger partial charge in [-0.25, -0.2) is 0 Å². The van der Waals surface area contributed by atoms with Gasteiger partial charge in [-0.2, -0.15) is 4.98 Å². The van der Waals surface area contributed by atoms with Crippen LogP contribution in [0.3, 0.4) is 0 Å². The van der Waals surface area contributed by atoms with Gasteiger partial charge in [0.25, 0.3) is 0 Å². The maximum atomic E-state index is 5.50. The van der Waals surface area contributed by atoms with Crippen molar-refractivity contribution in [1.29, 1.82) is 0 Å². The molecule has 0 amide bonds. The normalized spacial score (nSPS) is 13.5. The number of nitrogens with zero attached hydrogens (tertiary/aromatic N) is 2. The van der Waals surface area contributed by atoms with Gasteiger partial charge in [0.1, 0.15) is 0 Å². The number of aromatic nitrogens is 2. The molecule has 56 valence electrons. The maximum absolute atomic E-state index is 5.50. The Morgan fingerprint density at radius 1 is 1.70 bits per heavy atom. The van der Waals surface area contributed by atoms with Crippen LogP contribution < -0.4 is 5.73 Å². The Kier molecular flexibility index (Phi) is 2.01. The second kappa shape index (κ2) is 2.79. The van der Waals surface area contributed by atoms with Crippen molar-refractivity contribution in [2.45, 2.75) is 26.3 Å². The Morgan fingerprint density at radius 3 is 2.70 bits per heavy atom. The summed E-state index contributed by atoms with van der Waals surface area (Å²) in [4.78, 5) is 4.03. The van der Waals surface area contributed by atoms with Crippen LogP contribution in [0.2, 0.25) is 0 Å². The number of aryl methyl sites for hydroxylation is 1. The highest BCUT2D eigenvalue weighted by Crippen LogP contribution is 2.04. The number of rotatable bonds is 2. The fraction of sp³-hybridized carbons (Fsp3) is 0.667. The van der Waals surface area contributed by atoms with Crippen LogP contribution >= 0.6 is 0 Å². The third-order valence-corrected chi connectivity index (χ3v) is 1.19. The summed E-state index contributed by atoms with van der Waals surface area (Å²) in [6.07, 6.45) is 0.764. The topological polar surface area (TPSA) is 64.9 Å². The molecule has 1 rings (SSSR count). The predicted octanol–water partition coefficient (Wildman–Crippen LogP) is 0.652. The lowest BCUT2D eigenvalue weighted by molar-refractivity contribution is 0.374. The van der Waals surface area contributed by atoms with E-state index in [1.165, 1.54) is 0 Å². The van der Waals surface area contributed by atoms with Crippen molar-refractivity contribution in [2.75, 3.05) is 0 Å². The Hall–Kier alpha value is -0.900. The summed E-state index contributed by atoms with van der Waals surface area (Å²) in [5.74, 6) is 1.23. The molecule has 0 spiro atoms. The Bertz CT molecular complexity index is 207. The van der Waals surface area contributed by atoms with E-state index in [0.29, 0.717) is 11.7 Å². The van der Waals surface area contributed by atoms with E-state index in [2.05, 4.69) is 10.1 Å². The molecule has 1 aromatic rings. The van der Waals surface area contributed by atoms with Crippen molar-refractivity contribution in [3.63, 3.8) is 0 Å². The van der Waals surface area contributed by atoms with Gasteiger partial charge >= 0.3 is 0 Å². The first-order valence-electron chi connectivity index (χ1n) is 3.32. The van der Waals surface area contributed by atoms with Gasteiger partial charge in [0.15, 0.2) is 5.82 Å². The first kappa shape index (κ1) is 7.21. The molecule has 0 saturated heterocycles. The van der Waals surface area contributed by atoms with E-state index in [1.54, 1.807) is 0 Å². The van der Waals surface area contributed by atoms with E-state index in [9.17, 15) is 0 Å². The maximum Gasteiger partial charge on any atom is 0.226 e. The van der Waals surface area contributed by atoms with Gasteiger partial charge in [-0.1, -0.05) is 12.1 Å². The van der Waals surface area contributed by atoms with Crippen molar-refractivity contribution in [3.8, 4) is 0 Å². The molecule has 0 aliphatic heterocycles. The first-order chi connectivity index (χ1) is 4.74. The summed E-state index contributed by atoms with van der Waals surface area (Å²) in [6.45, 7) is 3.78. The quantitative estimate of drug-likeness (QED) is 0.656. The lowest BCUT2D eigenvalue weighted by atomic mass is 10.3. The van der Waals surface area contributed by atoms with E-state index >= 15 is 0 Å². The van der Waals surface area contributed by atoms with Crippen molar-refractivity contribution in [2.24, 2.45) is 5.73 Å². The minimum Gasteiger partial charge on any atom is -0.339 e. The standard InChI is InChI=1S/C6H11N3O/c1-3-5-8-6(4(2)7)9-10-5/h4H,3,7H2,1-2H3. The van der Waals surface area contributed by atoms with Gasteiger partial charge in [0, 0.05) is 6.42 Å². The molecule has 1 heterocycles. The molecule has 0 saturated carbocycles. The molecule has 0 aliphatic rings. The van der Waals surface area contributed by atoms with Crippen LogP contribution in [0.5, 0.6) is 0 Å². The Morgan fingerprint density at radius 2 is 2.40 bits per heavy atom. The van der Waals surface area contributed by atoms with Gasteiger partial charge < -0.3 is 10.3 Å². The summed E-state index contributed by atoms with van der Waals surface area (Å²) in [5.41, 5.74) is 5.50. The number of hydrogen-bond donors (Lipinski definition) is 1. The molecule has 0 fully saturated rings. The smallest absolute Gasteiger partial charge is 0.226 e. The van der Waals surface area contributed by atoms with Crippen LogP contribution in [0.15, 0.2) is 4.52 Å². The van der Waals surface area contributed by atoms with Crippen molar-refractivity contribution in [3.05, 3.63) is 11.7 Å². The molecule has 0 radical (unpaired) electrons. The molecule has 1 atom stereocenters. The third-order valence-electron chi connectivity index (χ3n) is 1.19. The van der Waals surface area contributed by atoms with Crippen LogP contribution in [0.1, 0.15) is 31.6 Å². The van der Waals surface area contributed by atoms with Gasteiger partial charge in [-0.3, -0.25) is 0 Å². The lowest BCUT2D eigenvalue weighted by Crippen LogP contribution is -2.06. The predicted molar refractivity (Wildman–Crippen MR) is 36.3 cm³/mol. The van der Waals surface area contributed by atoms with Crippen LogP contribution in [-0.2, 0) is 6.42 Å². The van der Waals surface area contributed by atoms with Crippen LogP contribution in [0.4, 0.5) is 0 Å². The molecule has 1 unspecified atom stereocenters. The van der Waals surface area contributed by atoms with Gasteiger partial charge in [-0.05, 0) is 6.92 Å². The average Bonchev–Trinajstić information content (AvgIpc) is 2.34. The third kappa shape index (κ3) is 1.33. The van der Waals surface area contributed by atoms with E-state index in [0.717, 1.165) is 6.42 Å². The molecule has 0 aliphatic carbocycles. The van der Waals surface area contributed by atoms with Crippen LogP contribution in [0.25, 0.3) is 0 Å². The SMILES string of the molecule is CCc1nc(C(C)N)no1. The summed E-state index contributed by atoms with van der Waals surface area (Å²) < 4.78 is 4.83. The van der Waals surface area contributed by atoms with E-state index in [4.69, 9.17) is 10.3 Å². The summed E-state index contributed by atoms with van der Waals surface area (Å²) in [6, 6.07) is -0.135. The molecule has 4 heteroatoms. The molecule has 0 aromatic carbocycles. The minimum atomic E-state index is -0.135. The molecule has 1 aromatic heterocycles. The number of nitrogens with two attached hydrogens (primary N) is 1. The van der Waals surface area contributed by atoms with E-state index < -0.39 is 0 Å². The van der Waals surface area contributed by atoms with Crippen molar-refractivity contribution < 1.29 is 4.52 Å². The van der Waals surface area contributed by atoms with Gasteiger partial charge in [0.05, 0.1) is 6.04 Å². The van der Waals surface area contributed by atoms with Gasteiger partial charge in [0.2, 0.25) is 5.89 Å². The molecular weight excluding hydrogens is 130 g/mol. The fourth-order valence-electron chi connectivity index (χ4n) is 0.597. The van der Waals surface area contributed by atoms with Crippen molar-refractivity contribution in [1.82, 2.24) is 10.1 Å². The minimum absolute atomic E-state index is 0.135. The Balaban J connectivity index is 2.78. The highest BCUT2D eigenvalue weighted by atomic mass is 16.5. The largest absolute Gasteiger partial charge is 0.339 e. The average molecular weight is 141 g/mol. The monoisotopic (exact) mass is 141 g/mol. The Labute approximate surface area is 59.4 Å². The van der Waals surface area contributed by atoms with E-state index in [1.807, 2.05) is 13.8 Å². The summed E-state index contributed by atoms with van der Waals surface area (Å²) >= 11 is 0. The van der Waals surface area contributed by atoms with Gasteiger partial charge in [-0.15, -0.1) is 0 Å². The van der Waals surface area contributed by atoms with Crippen LogP contribution in [-0.4, -0.2) is 10.1 Å². The molecule has 10 heavy (non-hydrogen) atoms. The highest BCUT2D eigenvalue weighted by molar-refractivity contribution is 4.90. The summed E-state index contributed by atoms with van der Waals surface area (Å²) in [5, 5.41) is 3.68. The highest BCUT2D eigenvalue weighted by Gasteiger charge is 2.06. The first-order valence-corrected chi connectivity index (χ1v) is 3.32. The van der Waals surface area contributed by atoms with Crippen molar-refractivity contribution >= 4 is 0 Å². The fourth-order valence-corrected chi connectivity index (χ4v) is 0.597. The lowest BCUT2D eigenvalue weighted by Gasteiger charge is -1.92. The zero-order valence-corrected chi connectivity index (χ0v) is 6.16. The molecular formula is C6H11N3O. The second-order valence-electron chi connectivity index (χ2n) is 2.19. The van der Waals surface area contributed by atoms with Crippen LogP contribution in [0, 0.1) is 0 Å². The number of hydrogen-bond acceptors (Lipinski definition) is 4. The molecule has 2 N–H and O–H groups in total.